The summed E-state index contributed by atoms with van der Waals surface area (Å²) in [6.45, 7) is 3.52. The highest BCUT2D eigenvalue weighted by molar-refractivity contribution is 5.85. The maximum absolute atomic E-state index is 12.6. The van der Waals surface area contributed by atoms with Crippen LogP contribution in [0, 0.1) is 5.41 Å². The lowest BCUT2D eigenvalue weighted by atomic mass is 9.75. The molecule has 4 heterocycles. The van der Waals surface area contributed by atoms with Gasteiger partial charge in [-0.1, -0.05) is 0 Å². The highest BCUT2D eigenvalue weighted by atomic mass is 35.5. The fourth-order valence-corrected chi connectivity index (χ4v) is 3.43. The molecule has 2 aliphatic rings. The molecule has 0 amide bonds. The van der Waals surface area contributed by atoms with Crippen LogP contribution in [0.2, 0.25) is 0 Å². The molecule has 2 aromatic rings. The predicted octanol–water partition coefficient (Wildman–Crippen LogP) is 1.70. The van der Waals surface area contributed by atoms with E-state index in [0.29, 0.717) is 16.6 Å². The number of anilines is 1. The van der Waals surface area contributed by atoms with E-state index < -0.39 is 13.0 Å². The van der Waals surface area contributed by atoms with Crippen molar-refractivity contribution in [2.24, 2.45) is 5.41 Å². The Kier molecular flexibility index (Phi) is 4.37. The summed E-state index contributed by atoms with van der Waals surface area (Å²) in [7, 11) is 0. The predicted molar refractivity (Wildman–Crippen MR) is 85.3 cm³/mol. The van der Waals surface area contributed by atoms with E-state index in [0.717, 1.165) is 38.4 Å². The van der Waals surface area contributed by atoms with Gasteiger partial charge in [0.25, 0.3) is 6.43 Å². The third kappa shape index (κ3) is 2.97. The monoisotopic (exact) mass is 344 g/mol. The summed E-state index contributed by atoms with van der Waals surface area (Å²) in [5, 5.41) is 7.30. The van der Waals surface area contributed by atoms with E-state index in [2.05, 4.69) is 25.3 Å². The molecule has 2 saturated heterocycles. The molecule has 6 nitrogen and oxygen atoms in total. The van der Waals surface area contributed by atoms with E-state index in [-0.39, 0.29) is 12.4 Å². The van der Waals surface area contributed by atoms with Crippen molar-refractivity contribution in [2.75, 3.05) is 31.1 Å². The minimum Gasteiger partial charge on any atom is -0.355 e. The number of hydrogen-bond acceptors (Lipinski definition) is 5. The van der Waals surface area contributed by atoms with E-state index in [4.69, 9.17) is 0 Å². The Balaban J connectivity index is 0.00000156. The zero-order chi connectivity index (χ0) is 15.2. The number of nitrogens with one attached hydrogen (secondary N) is 1. The van der Waals surface area contributed by atoms with Crippen LogP contribution in [0.15, 0.2) is 12.4 Å². The molecule has 9 heteroatoms. The van der Waals surface area contributed by atoms with Crippen LogP contribution in [-0.4, -0.2) is 52.4 Å². The molecule has 0 unspecified atom stereocenters. The number of hydrogen-bond donors (Lipinski definition) is 1. The average Bonchev–Trinajstić information content (AvgIpc) is 2.87. The van der Waals surface area contributed by atoms with Crippen LogP contribution in [0.3, 0.4) is 0 Å². The first kappa shape index (κ1) is 16.3. The maximum atomic E-state index is 12.6. The van der Waals surface area contributed by atoms with Crippen LogP contribution >= 0.6 is 12.4 Å². The van der Waals surface area contributed by atoms with E-state index in [9.17, 15) is 8.78 Å². The first-order chi connectivity index (χ1) is 10.7. The molecule has 2 aromatic heterocycles. The Labute approximate surface area is 138 Å². The molecule has 1 spiro atoms. The van der Waals surface area contributed by atoms with Crippen LogP contribution < -0.4 is 10.2 Å². The van der Waals surface area contributed by atoms with E-state index in [1.807, 2.05) is 0 Å². The molecule has 126 valence electrons. The van der Waals surface area contributed by atoms with E-state index >= 15 is 0 Å². The van der Waals surface area contributed by atoms with Crippen LogP contribution in [0.4, 0.5) is 14.6 Å². The third-order valence-electron chi connectivity index (χ3n) is 4.63. The van der Waals surface area contributed by atoms with Crippen molar-refractivity contribution in [3.63, 3.8) is 0 Å². The highest BCUT2D eigenvalue weighted by Crippen LogP contribution is 2.35. The van der Waals surface area contributed by atoms with Gasteiger partial charge in [-0.05, 0) is 12.8 Å². The van der Waals surface area contributed by atoms with Crippen molar-refractivity contribution in [2.45, 2.75) is 25.8 Å². The Morgan fingerprint density at radius 2 is 2.13 bits per heavy atom. The lowest BCUT2D eigenvalue weighted by molar-refractivity contribution is 0.123. The summed E-state index contributed by atoms with van der Waals surface area (Å²) >= 11 is 0. The van der Waals surface area contributed by atoms with Crippen LogP contribution in [-0.2, 0) is 6.54 Å². The van der Waals surface area contributed by atoms with Gasteiger partial charge in [0, 0.05) is 31.6 Å². The molecule has 23 heavy (non-hydrogen) atoms. The Morgan fingerprint density at radius 1 is 1.30 bits per heavy atom. The summed E-state index contributed by atoms with van der Waals surface area (Å²) in [4.78, 5) is 11.1. The molecule has 0 saturated carbocycles. The van der Waals surface area contributed by atoms with Gasteiger partial charge in [0.1, 0.15) is 17.9 Å². The molecular formula is C14H19ClF2N6. The fourth-order valence-electron chi connectivity index (χ4n) is 3.43. The van der Waals surface area contributed by atoms with Crippen molar-refractivity contribution >= 4 is 29.4 Å². The standard InChI is InChI=1S/C14H18F2N6.ClH/c15-11(16)6-22-13-10(4-19-22)18-5-12(20-13)21-3-1-2-14(9-21)7-17-8-14;/h4-5,11,17H,1-3,6-9H2;1H. The minimum absolute atomic E-state index is 0. The topological polar surface area (TPSA) is 58.9 Å². The molecule has 2 fully saturated rings. The minimum atomic E-state index is -2.45. The summed E-state index contributed by atoms with van der Waals surface area (Å²) in [6.07, 6.45) is 3.12. The molecule has 0 aliphatic carbocycles. The van der Waals surface area contributed by atoms with Gasteiger partial charge >= 0.3 is 0 Å². The Bertz CT molecular complexity index is 687. The SMILES string of the molecule is Cl.FC(F)Cn1ncc2ncc(N3CCCC4(CNC4)C3)nc21. The second kappa shape index (κ2) is 6.16. The number of alkyl halides is 2. The van der Waals surface area contributed by atoms with Crippen molar-refractivity contribution in [3.8, 4) is 0 Å². The van der Waals surface area contributed by atoms with Gasteiger partial charge in [-0.3, -0.25) is 0 Å². The number of nitrogens with zero attached hydrogens (tertiary/aromatic N) is 5. The van der Waals surface area contributed by atoms with Gasteiger partial charge in [0.15, 0.2) is 5.65 Å². The van der Waals surface area contributed by atoms with E-state index in [1.165, 1.54) is 17.3 Å². The zero-order valence-corrected chi connectivity index (χ0v) is 13.4. The first-order valence-electron chi connectivity index (χ1n) is 7.58. The Hall–Kier alpha value is -1.54. The summed E-state index contributed by atoms with van der Waals surface area (Å²) in [5.74, 6) is 0.759. The highest BCUT2D eigenvalue weighted by Gasteiger charge is 2.41. The van der Waals surface area contributed by atoms with Crippen molar-refractivity contribution < 1.29 is 8.78 Å². The fraction of sp³-hybridized carbons (Fsp3) is 0.643. The number of rotatable bonds is 3. The van der Waals surface area contributed by atoms with Crippen molar-refractivity contribution in [1.82, 2.24) is 25.1 Å². The molecule has 0 radical (unpaired) electrons. The average molecular weight is 345 g/mol. The zero-order valence-electron chi connectivity index (χ0n) is 12.6. The van der Waals surface area contributed by atoms with E-state index in [1.54, 1.807) is 6.20 Å². The van der Waals surface area contributed by atoms with Crippen LogP contribution in [0.1, 0.15) is 12.8 Å². The summed E-state index contributed by atoms with van der Waals surface area (Å²) in [6, 6.07) is 0. The van der Waals surface area contributed by atoms with Gasteiger partial charge < -0.3 is 10.2 Å². The number of fused-ring (bicyclic) bond motifs is 1. The third-order valence-corrected chi connectivity index (χ3v) is 4.63. The lowest BCUT2D eigenvalue weighted by Gasteiger charge is -2.49. The van der Waals surface area contributed by atoms with Gasteiger partial charge in [-0.2, -0.15) is 5.10 Å². The van der Waals surface area contributed by atoms with Crippen molar-refractivity contribution in [1.29, 1.82) is 0 Å². The maximum Gasteiger partial charge on any atom is 0.258 e. The lowest BCUT2D eigenvalue weighted by Crippen LogP contribution is -2.61. The Morgan fingerprint density at radius 3 is 2.83 bits per heavy atom. The summed E-state index contributed by atoms with van der Waals surface area (Å²) in [5.41, 5.74) is 1.34. The summed E-state index contributed by atoms with van der Waals surface area (Å²) < 4.78 is 26.5. The molecule has 4 rings (SSSR count). The molecule has 0 atom stereocenters. The second-order valence-corrected chi connectivity index (χ2v) is 6.28. The molecule has 0 aromatic carbocycles. The van der Waals surface area contributed by atoms with Gasteiger partial charge in [0.2, 0.25) is 0 Å². The molecule has 2 aliphatic heterocycles. The normalized spacial score (nSPS) is 19.9. The quantitative estimate of drug-likeness (QED) is 0.918. The van der Waals surface area contributed by atoms with Crippen molar-refractivity contribution in [3.05, 3.63) is 12.4 Å². The first-order valence-corrected chi connectivity index (χ1v) is 7.58. The number of piperidine rings is 1. The largest absolute Gasteiger partial charge is 0.355 e. The van der Waals surface area contributed by atoms with Gasteiger partial charge in [-0.25, -0.2) is 23.4 Å². The number of halogens is 3. The number of aromatic nitrogens is 4. The van der Waals surface area contributed by atoms with Crippen LogP contribution in [0.5, 0.6) is 0 Å². The van der Waals surface area contributed by atoms with Gasteiger partial charge in [0.05, 0.1) is 12.4 Å². The van der Waals surface area contributed by atoms with Crippen LogP contribution in [0.25, 0.3) is 11.2 Å². The molecule has 0 bridgehead atoms. The molecule has 1 N–H and O–H groups in total. The smallest absolute Gasteiger partial charge is 0.258 e. The van der Waals surface area contributed by atoms with Gasteiger partial charge in [-0.15, -0.1) is 12.4 Å². The second-order valence-electron chi connectivity index (χ2n) is 6.28. The molecular weight excluding hydrogens is 326 g/mol.